The van der Waals surface area contributed by atoms with Crippen LogP contribution in [0.25, 0.3) is 0 Å². The zero-order chi connectivity index (χ0) is 9.76. The summed E-state index contributed by atoms with van der Waals surface area (Å²) in [6.07, 6.45) is 9.63. The smallest absolute Gasteiger partial charge is 0.113 e. The quantitative estimate of drug-likeness (QED) is 0.568. The molecule has 3 unspecified atom stereocenters. The summed E-state index contributed by atoms with van der Waals surface area (Å²) in [5, 5.41) is 0. The third-order valence-electron chi connectivity index (χ3n) is 4.20. The minimum absolute atomic E-state index is 0.134. The maximum Gasteiger partial charge on any atom is 0.113 e. The van der Waals surface area contributed by atoms with Crippen LogP contribution < -0.4 is 0 Å². The van der Waals surface area contributed by atoms with Crippen molar-refractivity contribution in [2.75, 3.05) is 0 Å². The maximum atomic E-state index is 5.90. The fourth-order valence-corrected chi connectivity index (χ4v) is 3.67. The Morgan fingerprint density at radius 1 is 1.50 bits per heavy atom. The van der Waals surface area contributed by atoms with E-state index in [1.807, 2.05) is 6.26 Å². The highest BCUT2D eigenvalue weighted by Gasteiger charge is 2.49. The van der Waals surface area contributed by atoms with Crippen LogP contribution in [0.15, 0.2) is 23.5 Å². The SMILES string of the molecule is CC1=CC2=COC3(C)CCCC(C1)C23. The van der Waals surface area contributed by atoms with Gasteiger partial charge in [0.25, 0.3) is 0 Å². The van der Waals surface area contributed by atoms with Gasteiger partial charge in [-0.1, -0.05) is 11.6 Å². The van der Waals surface area contributed by atoms with Gasteiger partial charge in [0.1, 0.15) is 5.60 Å². The molecule has 0 aromatic heterocycles. The molecule has 0 aromatic rings. The van der Waals surface area contributed by atoms with Gasteiger partial charge in [-0.2, -0.15) is 0 Å². The van der Waals surface area contributed by atoms with Crippen LogP contribution >= 0.6 is 0 Å². The number of hydrogen-bond acceptors (Lipinski definition) is 1. The van der Waals surface area contributed by atoms with Crippen molar-refractivity contribution in [1.82, 2.24) is 0 Å². The summed E-state index contributed by atoms with van der Waals surface area (Å²) in [6, 6.07) is 0. The highest BCUT2D eigenvalue weighted by atomic mass is 16.5. The van der Waals surface area contributed by atoms with Gasteiger partial charge in [0.2, 0.25) is 0 Å². The zero-order valence-corrected chi connectivity index (χ0v) is 9.05. The maximum absolute atomic E-state index is 5.90. The Morgan fingerprint density at radius 2 is 2.36 bits per heavy atom. The van der Waals surface area contributed by atoms with Crippen molar-refractivity contribution in [3.05, 3.63) is 23.5 Å². The predicted molar refractivity (Wildman–Crippen MR) is 56.8 cm³/mol. The van der Waals surface area contributed by atoms with Crippen molar-refractivity contribution in [2.45, 2.75) is 45.1 Å². The van der Waals surface area contributed by atoms with E-state index in [-0.39, 0.29) is 5.60 Å². The van der Waals surface area contributed by atoms with Crippen molar-refractivity contribution in [3.63, 3.8) is 0 Å². The summed E-state index contributed by atoms with van der Waals surface area (Å²) in [7, 11) is 0. The molecule has 0 amide bonds. The zero-order valence-electron chi connectivity index (χ0n) is 9.05. The van der Waals surface area contributed by atoms with E-state index < -0.39 is 0 Å². The van der Waals surface area contributed by atoms with Crippen molar-refractivity contribution in [1.29, 1.82) is 0 Å². The van der Waals surface area contributed by atoms with Crippen molar-refractivity contribution in [3.8, 4) is 0 Å². The molecule has 0 spiro atoms. The van der Waals surface area contributed by atoms with E-state index in [0.29, 0.717) is 5.92 Å². The second-order valence-corrected chi connectivity index (χ2v) is 5.37. The predicted octanol–water partition coefficient (Wildman–Crippen LogP) is 3.43. The summed E-state index contributed by atoms with van der Waals surface area (Å²) >= 11 is 0. The van der Waals surface area contributed by atoms with Gasteiger partial charge in [0.05, 0.1) is 6.26 Å². The molecule has 0 saturated heterocycles. The van der Waals surface area contributed by atoms with E-state index in [0.717, 1.165) is 5.92 Å². The largest absolute Gasteiger partial charge is 0.494 e. The Labute approximate surface area is 85.8 Å². The first-order chi connectivity index (χ1) is 6.69. The van der Waals surface area contributed by atoms with Crippen LogP contribution in [0, 0.1) is 11.8 Å². The minimum atomic E-state index is 0.134. The summed E-state index contributed by atoms with van der Waals surface area (Å²) in [5.41, 5.74) is 3.13. The average molecular weight is 190 g/mol. The molecular weight excluding hydrogens is 172 g/mol. The number of allylic oxidation sites excluding steroid dienone is 2. The van der Waals surface area contributed by atoms with Crippen LogP contribution in [0.1, 0.15) is 39.5 Å². The first-order valence-electron chi connectivity index (χ1n) is 5.74. The van der Waals surface area contributed by atoms with Crippen LogP contribution in [0.3, 0.4) is 0 Å². The summed E-state index contributed by atoms with van der Waals surface area (Å²) in [4.78, 5) is 0. The molecule has 1 heteroatoms. The fourth-order valence-electron chi connectivity index (χ4n) is 3.67. The summed E-state index contributed by atoms with van der Waals surface area (Å²) in [5.74, 6) is 1.55. The topological polar surface area (TPSA) is 9.23 Å². The second-order valence-electron chi connectivity index (χ2n) is 5.37. The Hall–Kier alpha value is -0.720. The third kappa shape index (κ3) is 1.01. The van der Waals surface area contributed by atoms with Gasteiger partial charge in [-0.25, -0.2) is 0 Å². The molecule has 1 nitrogen and oxygen atoms in total. The number of hydrogen-bond donors (Lipinski definition) is 0. The Kier molecular flexibility index (Phi) is 1.62. The average Bonchev–Trinajstić information content (AvgIpc) is 2.45. The lowest BCUT2D eigenvalue weighted by Gasteiger charge is -2.43. The summed E-state index contributed by atoms with van der Waals surface area (Å²) < 4.78 is 5.90. The minimum Gasteiger partial charge on any atom is -0.494 e. The molecule has 3 aliphatic rings. The lowest BCUT2D eigenvalue weighted by atomic mass is 9.63. The Morgan fingerprint density at radius 3 is 3.21 bits per heavy atom. The van der Waals surface area contributed by atoms with E-state index >= 15 is 0 Å². The van der Waals surface area contributed by atoms with E-state index in [2.05, 4.69) is 19.9 Å². The molecule has 14 heavy (non-hydrogen) atoms. The van der Waals surface area contributed by atoms with Gasteiger partial charge >= 0.3 is 0 Å². The highest BCUT2D eigenvalue weighted by molar-refractivity contribution is 5.35. The Balaban J connectivity index is 2.03. The molecule has 2 aliphatic carbocycles. The van der Waals surface area contributed by atoms with Gasteiger partial charge in [0.15, 0.2) is 0 Å². The molecule has 0 N–H and O–H groups in total. The van der Waals surface area contributed by atoms with Crippen LogP contribution in [0.2, 0.25) is 0 Å². The fraction of sp³-hybridized carbons (Fsp3) is 0.692. The van der Waals surface area contributed by atoms with E-state index in [1.165, 1.54) is 36.8 Å². The molecule has 3 rings (SSSR count). The molecule has 1 saturated carbocycles. The van der Waals surface area contributed by atoms with Gasteiger partial charge in [0, 0.05) is 5.92 Å². The standard InChI is InChI=1S/C13H18O/c1-9-6-10-4-3-5-13(2)12(10)11(7-9)8-14-13/h7-8,10,12H,3-6H2,1-2H3. The van der Waals surface area contributed by atoms with Crippen LogP contribution in [0.4, 0.5) is 0 Å². The van der Waals surface area contributed by atoms with Crippen LogP contribution in [-0.2, 0) is 4.74 Å². The highest BCUT2D eigenvalue weighted by Crippen LogP contribution is 2.52. The normalized spacial score (nSPS) is 45.0. The molecule has 0 aromatic carbocycles. The molecule has 1 aliphatic heterocycles. The van der Waals surface area contributed by atoms with E-state index in [9.17, 15) is 0 Å². The van der Waals surface area contributed by atoms with Crippen LogP contribution in [0.5, 0.6) is 0 Å². The molecule has 0 radical (unpaired) electrons. The second kappa shape index (κ2) is 2.65. The monoisotopic (exact) mass is 190 g/mol. The molecule has 3 atom stereocenters. The number of rotatable bonds is 0. The molecule has 76 valence electrons. The molecule has 1 heterocycles. The van der Waals surface area contributed by atoms with Crippen molar-refractivity contribution in [2.24, 2.45) is 11.8 Å². The van der Waals surface area contributed by atoms with Crippen LogP contribution in [-0.4, -0.2) is 5.60 Å². The van der Waals surface area contributed by atoms with Gasteiger partial charge in [-0.15, -0.1) is 0 Å². The van der Waals surface area contributed by atoms with E-state index in [4.69, 9.17) is 4.74 Å². The van der Waals surface area contributed by atoms with Crippen molar-refractivity contribution < 1.29 is 4.74 Å². The third-order valence-corrected chi connectivity index (χ3v) is 4.20. The van der Waals surface area contributed by atoms with Gasteiger partial charge in [-0.05, 0) is 51.0 Å². The van der Waals surface area contributed by atoms with Crippen molar-refractivity contribution >= 4 is 0 Å². The first kappa shape index (κ1) is 8.58. The lowest BCUT2D eigenvalue weighted by molar-refractivity contribution is -0.0277. The van der Waals surface area contributed by atoms with Gasteiger partial charge < -0.3 is 4.74 Å². The Bertz CT molecular complexity index is 326. The molecule has 1 fully saturated rings. The lowest BCUT2D eigenvalue weighted by Crippen LogP contribution is -2.42. The van der Waals surface area contributed by atoms with Gasteiger partial charge in [-0.3, -0.25) is 0 Å². The van der Waals surface area contributed by atoms with E-state index in [1.54, 1.807) is 0 Å². The molecule has 0 bridgehead atoms. The number of ether oxygens (including phenoxy) is 1. The molecular formula is C13H18O. The summed E-state index contributed by atoms with van der Waals surface area (Å²) in [6.45, 7) is 4.54. The first-order valence-corrected chi connectivity index (χ1v) is 5.74.